The molecule has 8 heteroatoms. The predicted molar refractivity (Wildman–Crippen MR) is 133 cm³/mol. The summed E-state index contributed by atoms with van der Waals surface area (Å²) in [5.74, 6) is -1.35. The first-order chi connectivity index (χ1) is 16.4. The number of halogens is 2. The number of nitriles is 1. The summed E-state index contributed by atoms with van der Waals surface area (Å²) < 4.78 is 13.2. The van der Waals surface area contributed by atoms with Crippen LogP contribution in [0.2, 0.25) is 5.02 Å². The molecule has 1 saturated heterocycles. The molecule has 3 aromatic carbocycles. The fourth-order valence-corrected chi connectivity index (χ4v) is 5.00. The Bertz CT molecular complexity index is 1320. The van der Waals surface area contributed by atoms with E-state index in [2.05, 4.69) is 5.32 Å². The first kappa shape index (κ1) is 23.6. The van der Waals surface area contributed by atoms with Crippen LogP contribution in [0, 0.1) is 24.1 Å². The van der Waals surface area contributed by atoms with Crippen molar-refractivity contribution < 1.29 is 14.0 Å². The zero-order valence-electron chi connectivity index (χ0n) is 18.1. The van der Waals surface area contributed by atoms with Gasteiger partial charge in [0.2, 0.25) is 5.91 Å². The number of hydrogen-bond acceptors (Lipinski definition) is 4. The number of anilines is 2. The van der Waals surface area contributed by atoms with E-state index in [-0.39, 0.29) is 16.5 Å². The van der Waals surface area contributed by atoms with Crippen LogP contribution in [0.4, 0.5) is 15.8 Å². The first-order valence-corrected chi connectivity index (χ1v) is 11.6. The fraction of sp³-hybridized carbons (Fsp3) is 0.115. The minimum absolute atomic E-state index is 0.204. The number of nitrogens with one attached hydrogen (secondary N) is 1. The molecule has 1 aliphatic heterocycles. The van der Waals surface area contributed by atoms with Crippen LogP contribution in [0.1, 0.15) is 11.1 Å². The molecule has 0 saturated carbocycles. The van der Waals surface area contributed by atoms with Gasteiger partial charge >= 0.3 is 0 Å². The van der Waals surface area contributed by atoms with Crippen molar-refractivity contribution in [2.24, 2.45) is 0 Å². The van der Waals surface area contributed by atoms with E-state index < -0.39 is 17.0 Å². The third-order valence-electron chi connectivity index (χ3n) is 5.36. The van der Waals surface area contributed by atoms with Crippen LogP contribution in [0.25, 0.3) is 0 Å². The summed E-state index contributed by atoms with van der Waals surface area (Å²) in [5, 5.41) is 12.7. The van der Waals surface area contributed by atoms with Gasteiger partial charge in [0.05, 0.1) is 5.25 Å². The Morgan fingerprint density at radius 2 is 1.79 bits per heavy atom. The van der Waals surface area contributed by atoms with Gasteiger partial charge in [-0.15, -0.1) is 0 Å². The van der Waals surface area contributed by atoms with Crippen molar-refractivity contribution in [2.75, 3.05) is 10.2 Å². The van der Waals surface area contributed by atoms with Crippen LogP contribution in [0.15, 0.2) is 83.4 Å². The van der Waals surface area contributed by atoms with Gasteiger partial charge in [-0.3, -0.25) is 14.5 Å². The second kappa shape index (κ2) is 10.1. The van der Waals surface area contributed by atoms with Gasteiger partial charge in [-0.05, 0) is 73.0 Å². The lowest BCUT2D eigenvalue weighted by Gasteiger charge is -2.19. The average molecular weight is 492 g/mol. The van der Waals surface area contributed by atoms with E-state index in [4.69, 9.17) is 11.6 Å². The van der Waals surface area contributed by atoms with E-state index in [9.17, 15) is 19.2 Å². The maximum absolute atomic E-state index is 13.5. The molecule has 0 spiro atoms. The van der Waals surface area contributed by atoms with Gasteiger partial charge in [-0.25, -0.2) is 4.39 Å². The minimum Gasteiger partial charge on any atom is -0.321 e. The Hall–Kier alpha value is -3.60. The van der Waals surface area contributed by atoms with Gasteiger partial charge in [0.1, 0.15) is 22.5 Å². The van der Waals surface area contributed by atoms with E-state index in [0.717, 1.165) is 11.1 Å². The molecule has 170 valence electrons. The molecule has 1 atom stereocenters. The molecule has 0 unspecified atom stereocenters. The number of carbonyl (C=O) groups excluding carboxylic acids is 2. The second-order valence-corrected chi connectivity index (χ2v) is 9.27. The maximum atomic E-state index is 13.5. The lowest BCUT2D eigenvalue weighted by atomic mass is 10.0. The molecule has 0 aliphatic carbocycles. The van der Waals surface area contributed by atoms with E-state index in [0.29, 0.717) is 22.8 Å². The van der Waals surface area contributed by atoms with Crippen molar-refractivity contribution >= 4 is 46.6 Å². The van der Waals surface area contributed by atoms with Crippen molar-refractivity contribution in [2.45, 2.75) is 18.6 Å². The molecular formula is C26H19ClFN3O2S. The standard InChI is InChI=1S/C26H19ClFN3O2S/c1-16-4-2-3-5-17(16)14-23-25(33)31(21-12-6-18(27)7-13-21)26(34-23)22(15-29)24(32)30-20-10-8-19(28)9-11-20/h2-13,23H,14H2,1H3,(H,30,32)/b26-22+/t23-/m1/s1. The maximum Gasteiger partial charge on any atom is 0.269 e. The number of benzene rings is 3. The monoisotopic (exact) mass is 491 g/mol. The van der Waals surface area contributed by atoms with Crippen LogP contribution < -0.4 is 10.2 Å². The summed E-state index contributed by atoms with van der Waals surface area (Å²) in [5.41, 5.74) is 2.71. The molecule has 5 nitrogen and oxygen atoms in total. The smallest absolute Gasteiger partial charge is 0.269 e. The van der Waals surface area contributed by atoms with E-state index in [1.165, 1.54) is 40.9 Å². The van der Waals surface area contributed by atoms with Gasteiger partial charge in [-0.2, -0.15) is 5.26 Å². The highest BCUT2D eigenvalue weighted by atomic mass is 35.5. The Morgan fingerprint density at radius 3 is 2.44 bits per heavy atom. The third-order valence-corrected chi connectivity index (χ3v) is 6.87. The summed E-state index contributed by atoms with van der Waals surface area (Å²) in [7, 11) is 0. The lowest BCUT2D eigenvalue weighted by molar-refractivity contribution is -0.117. The Balaban J connectivity index is 1.73. The number of amides is 2. The molecular weight excluding hydrogens is 473 g/mol. The van der Waals surface area contributed by atoms with Crippen LogP contribution in [0.3, 0.4) is 0 Å². The molecule has 0 bridgehead atoms. The second-order valence-electron chi connectivity index (χ2n) is 7.64. The van der Waals surface area contributed by atoms with E-state index in [1.54, 1.807) is 24.3 Å². The van der Waals surface area contributed by atoms with Crippen LogP contribution >= 0.6 is 23.4 Å². The van der Waals surface area contributed by atoms with Crippen LogP contribution in [-0.2, 0) is 16.0 Å². The van der Waals surface area contributed by atoms with Crippen molar-refractivity contribution in [3.63, 3.8) is 0 Å². The fourth-order valence-electron chi connectivity index (χ4n) is 3.58. The normalized spacial score (nSPS) is 16.8. The van der Waals surface area contributed by atoms with Crippen LogP contribution in [0.5, 0.6) is 0 Å². The quantitative estimate of drug-likeness (QED) is 0.359. The van der Waals surface area contributed by atoms with E-state index >= 15 is 0 Å². The number of thioether (sulfide) groups is 1. The van der Waals surface area contributed by atoms with Gasteiger partial charge in [0.15, 0.2) is 0 Å². The summed E-state index contributed by atoms with van der Waals surface area (Å²) >= 11 is 7.21. The summed E-state index contributed by atoms with van der Waals surface area (Å²) in [6.45, 7) is 1.98. The number of nitrogens with zero attached hydrogens (tertiary/aromatic N) is 2. The molecule has 1 aliphatic rings. The summed E-state index contributed by atoms with van der Waals surface area (Å²) in [6.07, 6.45) is 0.446. The zero-order valence-corrected chi connectivity index (χ0v) is 19.7. The third kappa shape index (κ3) is 4.98. The van der Waals surface area contributed by atoms with E-state index in [1.807, 2.05) is 37.3 Å². The Morgan fingerprint density at radius 1 is 1.12 bits per heavy atom. The largest absolute Gasteiger partial charge is 0.321 e. The predicted octanol–water partition coefficient (Wildman–Crippen LogP) is 5.85. The highest BCUT2D eigenvalue weighted by Crippen LogP contribution is 2.42. The minimum atomic E-state index is -0.681. The molecule has 1 fully saturated rings. The Labute approximate surface area is 205 Å². The molecule has 4 rings (SSSR count). The molecule has 0 aromatic heterocycles. The topological polar surface area (TPSA) is 73.2 Å². The van der Waals surface area contributed by atoms with Gasteiger partial charge in [0.25, 0.3) is 5.91 Å². The first-order valence-electron chi connectivity index (χ1n) is 10.4. The van der Waals surface area contributed by atoms with Crippen molar-refractivity contribution in [1.82, 2.24) is 0 Å². The molecule has 3 aromatic rings. The number of rotatable bonds is 5. The SMILES string of the molecule is Cc1ccccc1C[C@H]1S/C(=C(\C#N)C(=O)Nc2ccc(F)cc2)N(c2ccc(Cl)cc2)C1=O. The Kier molecular flexibility index (Phi) is 7.01. The molecule has 1 heterocycles. The number of hydrogen-bond donors (Lipinski definition) is 1. The molecule has 0 radical (unpaired) electrons. The van der Waals surface area contributed by atoms with Gasteiger partial charge in [-0.1, -0.05) is 47.6 Å². The zero-order chi connectivity index (χ0) is 24.2. The van der Waals surface area contributed by atoms with Crippen molar-refractivity contribution in [3.8, 4) is 6.07 Å². The highest BCUT2D eigenvalue weighted by molar-refractivity contribution is 8.05. The average Bonchev–Trinajstić information content (AvgIpc) is 3.13. The van der Waals surface area contributed by atoms with Gasteiger partial charge in [0, 0.05) is 16.4 Å². The van der Waals surface area contributed by atoms with Crippen LogP contribution in [-0.4, -0.2) is 17.1 Å². The summed E-state index contributed by atoms with van der Waals surface area (Å²) in [6, 6.07) is 21.6. The molecule has 34 heavy (non-hydrogen) atoms. The highest BCUT2D eigenvalue weighted by Gasteiger charge is 2.41. The summed E-state index contributed by atoms with van der Waals surface area (Å²) in [4.78, 5) is 27.9. The molecule has 1 N–H and O–H groups in total. The lowest BCUT2D eigenvalue weighted by Crippen LogP contribution is -2.31. The number of carbonyl (C=O) groups is 2. The number of aryl methyl sites for hydroxylation is 1. The molecule has 2 amide bonds. The van der Waals surface area contributed by atoms with Crippen molar-refractivity contribution in [1.29, 1.82) is 5.26 Å². The van der Waals surface area contributed by atoms with Gasteiger partial charge < -0.3 is 5.32 Å². The van der Waals surface area contributed by atoms with Crippen molar-refractivity contribution in [3.05, 3.63) is 105 Å².